The first kappa shape index (κ1) is 35.0. The van der Waals surface area contributed by atoms with Crippen LogP contribution in [0.3, 0.4) is 0 Å². The largest absolute Gasteiger partial charge is 0.500 e. The Balaban J connectivity index is 1.71. The molecule has 0 spiro atoms. The van der Waals surface area contributed by atoms with E-state index < -0.39 is 20.7 Å². The Morgan fingerprint density at radius 2 is 1.38 bits per heavy atom. The van der Waals surface area contributed by atoms with Crippen molar-refractivity contribution in [2.45, 2.75) is 65.3 Å². The fourth-order valence-electron chi connectivity index (χ4n) is 4.29. The minimum absolute atomic E-state index is 0.275. The van der Waals surface area contributed by atoms with Crippen LogP contribution >= 0.6 is 0 Å². The molecule has 0 saturated heterocycles. The lowest BCUT2D eigenvalue weighted by atomic mass is 10.1. The van der Waals surface area contributed by atoms with Gasteiger partial charge in [-0.25, -0.2) is 9.59 Å². The van der Waals surface area contributed by atoms with E-state index in [0.717, 1.165) is 44.6 Å². The second kappa shape index (κ2) is 19.9. The quantitative estimate of drug-likeness (QED) is 0.0498. The van der Waals surface area contributed by atoms with Gasteiger partial charge in [-0.3, -0.25) is 0 Å². The first-order valence-electron chi connectivity index (χ1n) is 14.7. The van der Waals surface area contributed by atoms with E-state index in [4.69, 9.17) is 27.5 Å². The van der Waals surface area contributed by atoms with Crippen LogP contribution in [0.5, 0.6) is 17.2 Å². The van der Waals surface area contributed by atoms with Crippen LogP contribution in [0.1, 0.15) is 75.2 Å². The molecule has 9 nitrogen and oxygen atoms in total. The van der Waals surface area contributed by atoms with Crippen LogP contribution in [-0.2, 0) is 22.8 Å². The second-order valence-electron chi connectivity index (χ2n) is 9.38. The van der Waals surface area contributed by atoms with Crippen LogP contribution in [-0.4, -0.2) is 61.4 Å². The van der Waals surface area contributed by atoms with E-state index in [9.17, 15) is 9.59 Å². The maximum absolute atomic E-state index is 12.7. The highest BCUT2D eigenvalue weighted by Gasteiger charge is 2.39. The minimum Gasteiger partial charge on any atom is -0.494 e. The van der Waals surface area contributed by atoms with Crippen LogP contribution in [0, 0.1) is 0 Å². The molecule has 232 valence electrons. The normalized spacial score (nSPS) is 11.5. The van der Waals surface area contributed by atoms with Crippen LogP contribution in [0.2, 0.25) is 6.04 Å². The highest BCUT2D eigenvalue weighted by molar-refractivity contribution is 6.60. The van der Waals surface area contributed by atoms with Crippen molar-refractivity contribution >= 4 is 26.8 Å². The predicted octanol–water partition coefficient (Wildman–Crippen LogP) is 6.87. The fourth-order valence-corrected chi connectivity index (χ4v) is 6.98. The lowest BCUT2D eigenvalue weighted by Crippen LogP contribution is -2.45. The van der Waals surface area contributed by atoms with Crippen molar-refractivity contribution < 1.29 is 41.8 Å². The summed E-state index contributed by atoms with van der Waals surface area (Å²) in [6.45, 7) is 8.42. The number of hydrogen-bond donors (Lipinski definition) is 0. The van der Waals surface area contributed by atoms with Gasteiger partial charge in [0.2, 0.25) is 0 Å². The van der Waals surface area contributed by atoms with Crippen molar-refractivity contribution in [2.75, 3.05) is 40.6 Å². The van der Waals surface area contributed by atoms with Gasteiger partial charge in [-0.05, 0) is 81.7 Å². The lowest BCUT2D eigenvalue weighted by Gasteiger charge is -2.28. The van der Waals surface area contributed by atoms with E-state index in [0.29, 0.717) is 49.1 Å². The Hall–Kier alpha value is -3.18. The average molecular weight is 603 g/mol. The SMILES string of the molecule is CCO[Si](CCCCCCCCOc1ccc(C(=O)Oc2ccc(C=CC(=O)OC)cc2OC)cc1)(OCC)OCC. The number of benzene rings is 2. The van der Waals surface area contributed by atoms with E-state index in [2.05, 4.69) is 4.74 Å². The second-order valence-corrected chi connectivity index (χ2v) is 12.1. The minimum atomic E-state index is -2.53. The van der Waals surface area contributed by atoms with Gasteiger partial charge in [0.1, 0.15) is 5.75 Å². The molecule has 0 atom stereocenters. The van der Waals surface area contributed by atoms with Gasteiger partial charge < -0.3 is 32.2 Å². The van der Waals surface area contributed by atoms with Crippen molar-refractivity contribution in [2.24, 2.45) is 0 Å². The van der Waals surface area contributed by atoms with Gasteiger partial charge in [0.05, 0.1) is 26.4 Å². The van der Waals surface area contributed by atoms with Gasteiger partial charge in [-0.15, -0.1) is 0 Å². The fraction of sp³-hybridized carbons (Fsp3) is 0.500. The highest BCUT2D eigenvalue weighted by atomic mass is 28.4. The van der Waals surface area contributed by atoms with Gasteiger partial charge in [0.25, 0.3) is 0 Å². The topological polar surface area (TPSA) is 98.8 Å². The number of ether oxygens (including phenoxy) is 4. The predicted molar refractivity (Wildman–Crippen MR) is 164 cm³/mol. The van der Waals surface area contributed by atoms with Crippen LogP contribution in [0.25, 0.3) is 6.08 Å². The number of esters is 2. The highest BCUT2D eigenvalue weighted by Crippen LogP contribution is 2.29. The molecule has 42 heavy (non-hydrogen) atoms. The lowest BCUT2D eigenvalue weighted by molar-refractivity contribution is -0.134. The van der Waals surface area contributed by atoms with Gasteiger partial charge in [-0.2, -0.15) is 0 Å². The van der Waals surface area contributed by atoms with Crippen LogP contribution < -0.4 is 14.2 Å². The third-order valence-corrected chi connectivity index (χ3v) is 9.48. The smallest absolute Gasteiger partial charge is 0.494 e. The Morgan fingerprint density at radius 1 is 0.762 bits per heavy atom. The summed E-state index contributed by atoms with van der Waals surface area (Å²) in [6.07, 6.45) is 9.41. The average Bonchev–Trinajstić information content (AvgIpc) is 3.00. The molecule has 0 heterocycles. The summed E-state index contributed by atoms with van der Waals surface area (Å²) < 4.78 is 39.1. The zero-order chi connectivity index (χ0) is 30.6. The molecule has 0 unspecified atom stereocenters. The van der Waals surface area contributed by atoms with Gasteiger partial charge >= 0.3 is 20.7 Å². The van der Waals surface area contributed by atoms with E-state index >= 15 is 0 Å². The molecule has 2 aromatic rings. The van der Waals surface area contributed by atoms with E-state index in [-0.39, 0.29) is 5.75 Å². The van der Waals surface area contributed by atoms with Crippen LogP contribution in [0.15, 0.2) is 48.5 Å². The molecule has 10 heteroatoms. The van der Waals surface area contributed by atoms with Crippen molar-refractivity contribution in [1.82, 2.24) is 0 Å². The summed E-state index contributed by atoms with van der Waals surface area (Å²) in [4.78, 5) is 24.0. The van der Waals surface area contributed by atoms with E-state index in [1.165, 1.54) is 20.3 Å². The number of methoxy groups -OCH3 is 2. The number of carbonyl (C=O) groups is 2. The van der Waals surface area contributed by atoms with Gasteiger partial charge in [0, 0.05) is 31.9 Å². The molecule has 0 saturated carbocycles. The summed E-state index contributed by atoms with van der Waals surface area (Å²) in [5.74, 6) is 0.367. The summed E-state index contributed by atoms with van der Waals surface area (Å²) >= 11 is 0. The van der Waals surface area contributed by atoms with Crippen molar-refractivity contribution in [3.63, 3.8) is 0 Å². The molecule has 0 aliphatic heterocycles. The third kappa shape index (κ3) is 12.4. The summed E-state index contributed by atoms with van der Waals surface area (Å²) in [7, 11) is 0.259. The monoisotopic (exact) mass is 602 g/mol. The molecule has 2 aromatic carbocycles. The summed E-state index contributed by atoms with van der Waals surface area (Å²) in [6, 6.07) is 12.7. The zero-order valence-corrected chi connectivity index (χ0v) is 26.6. The standard InChI is InChI=1S/C32H46O9Si/c1-6-38-42(39-7-2,40-8-3)24-14-12-10-9-11-13-23-37-28-19-17-27(18-20-28)32(34)41-29-21-15-26(25-30(29)35-4)16-22-31(33)36-5/h15-22,25H,6-14,23-24H2,1-5H3. The number of unbranched alkanes of at least 4 members (excludes halogenated alkanes) is 5. The first-order chi connectivity index (χ1) is 20.4. The molecule has 0 radical (unpaired) electrons. The van der Waals surface area contributed by atoms with E-state index in [1.54, 1.807) is 48.5 Å². The summed E-state index contributed by atoms with van der Waals surface area (Å²) in [5, 5.41) is 0. The Bertz CT molecular complexity index is 1080. The first-order valence-corrected chi connectivity index (χ1v) is 16.6. The molecule has 0 bridgehead atoms. The van der Waals surface area contributed by atoms with E-state index in [1.807, 2.05) is 20.8 Å². The molecule has 2 rings (SSSR count). The summed E-state index contributed by atoms with van der Waals surface area (Å²) in [5.41, 5.74) is 1.09. The zero-order valence-electron chi connectivity index (χ0n) is 25.6. The van der Waals surface area contributed by atoms with Gasteiger partial charge in [-0.1, -0.05) is 31.7 Å². The number of hydrogen-bond acceptors (Lipinski definition) is 9. The molecule has 0 aromatic heterocycles. The van der Waals surface area contributed by atoms with Crippen molar-refractivity contribution in [3.8, 4) is 17.2 Å². The van der Waals surface area contributed by atoms with Crippen LogP contribution in [0.4, 0.5) is 0 Å². The molecular formula is C32H46O9Si. The Morgan fingerprint density at radius 3 is 1.98 bits per heavy atom. The van der Waals surface area contributed by atoms with Crippen molar-refractivity contribution in [3.05, 3.63) is 59.7 Å². The molecular weight excluding hydrogens is 556 g/mol. The Labute approximate surface area is 251 Å². The molecule has 0 aliphatic rings. The third-order valence-electron chi connectivity index (χ3n) is 6.33. The maximum Gasteiger partial charge on any atom is 0.500 e. The molecule has 0 fully saturated rings. The van der Waals surface area contributed by atoms with Crippen molar-refractivity contribution in [1.29, 1.82) is 0 Å². The molecule has 0 amide bonds. The number of rotatable bonds is 21. The van der Waals surface area contributed by atoms with Gasteiger partial charge in [0.15, 0.2) is 11.5 Å². The molecule has 0 aliphatic carbocycles. The Kier molecular flexibility index (Phi) is 16.5. The number of carbonyl (C=O) groups excluding carboxylic acids is 2. The maximum atomic E-state index is 12.7. The molecule has 0 N–H and O–H groups in total.